The monoisotopic (exact) mass is 243 g/mol. The molecule has 1 atom stereocenters. The molecule has 0 spiro atoms. The SMILES string of the molecule is O=C(O)c1cc(Cl)cn1CCC1CCOC1. The lowest BCUT2D eigenvalue weighted by Gasteiger charge is -2.09. The molecule has 88 valence electrons. The van der Waals surface area contributed by atoms with Crippen LogP contribution < -0.4 is 0 Å². The van der Waals surface area contributed by atoms with E-state index in [1.807, 2.05) is 0 Å². The van der Waals surface area contributed by atoms with Crippen molar-refractivity contribution in [2.24, 2.45) is 5.92 Å². The number of carboxylic acid groups (broad SMARTS) is 1. The van der Waals surface area contributed by atoms with E-state index in [0.29, 0.717) is 17.5 Å². The van der Waals surface area contributed by atoms with E-state index in [2.05, 4.69) is 0 Å². The highest BCUT2D eigenvalue weighted by Gasteiger charge is 2.17. The Morgan fingerprint density at radius 2 is 2.50 bits per heavy atom. The van der Waals surface area contributed by atoms with E-state index in [0.717, 1.165) is 26.1 Å². The van der Waals surface area contributed by atoms with Crippen molar-refractivity contribution in [2.75, 3.05) is 13.2 Å². The van der Waals surface area contributed by atoms with Gasteiger partial charge in [-0.15, -0.1) is 0 Å². The van der Waals surface area contributed by atoms with Crippen molar-refractivity contribution in [1.29, 1.82) is 0 Å². The lowest BCUT2D eigenvalue weighted by Crippen LogP contribution is -2.11. The first-order chi connectivity index (χ1) is 7.66. The number of hydrogen-bond donors (Lipinski definition) is 1. The van der Waals surface area contributed by atoms with Gasteiger partial charge in [0, 0.05) is 26.0 Å². The van der Waals surface area contributed by atoms with Crippen molar-refractivity contribution in [3.05, 3.63) is 23.0 Å². The second-order valence-corrected chi connectivity index (χ2v) is 4.50. The summed E-state index contributed by atoms with van der Waals surface area (Å²) in [7, 11) is 0. The summed E-state index contributed by atoms with van der Waals surface area (Å²) in [6.07, 6.45) is 3.67. The number of halogens is 1. The van der Waals surface area contributed by atoms with Gasteiger partial charge in [-0.05, 0) is 24.8 Å². The van der Waals surface area contributed by atoms with Crippen LogP contribution in [0.4, 0.5) is 0 Å². The Labute approximate surface area is 98.8 Å². The van der Waals surface area contributed by atoms with E-state index in [-0.39, 0.29) is 5.69 Å². The molecule has 1 aliphatic heterocycles. The fourth-order valence-corrected chi connectivity index (χ4v) is 2.19. The molecule has 4 nitrogen and oxygen atoms in total. The van der Waals surface area contributed by atoms with Crippen molar-refractivity contribution in [3.63, 3.8) is 0 Å². The van der Waals surface area contributed by atoms with Crippen LogP contribution in [-0.2, 0) is 11.3 Å². The second kappa shape index (κ2) is 4.89. The lowest BCUT2D eigenvalue weighted by molar-refractivity contribution is 0.0684. The largest absolute Gasteiger partial charge is 0.477 e. The van der Waals surface area contributed by atoms with Gasteiger partial charge in [0.25, 0.3) is 0 Å². The average molecular weight is 244 g/mol. The van der Waals surface area contributed by atoms with Crippen molar-refractivity contribution in [1.82, 2.24) is 4.57 Å². The van der Waals surface area contributed by atoms with Crippen LogP contribution in [0.3, 0.4) is 0 Å². The number of ether oxygens (including phenoxy) is 1. The number of nitrogens with zero attached hydrogens (tertiary/aromatic N) is 1. The number of hydrogen-bond acceptors (Lipinski definition) is 2. The molecule has 0 saturated carbocycles. The maximum atomic E-state index is 10.9. The van der Waals surface area contributed by atoms with Crippen LogP contribution in [0.15, 0.2) is 12.3 Å². The number of aromatic nitrogens is 1. The molecule has 0 amide bonds. The zero-order valence-electron chi connectivity index (χ0n) is 8.86. The highest BCUT2D eigenvalue weighted by atomic mass is 35.5. The Bertz CT molecular complexity index is 383. The molecule has 1 unspecified atom stereocenters. The standard InChI is InChI=1S/C11H14ClNO3/c12-9-5-10(11(14)15)13(6-9)3-1-8-2-4-16-7-8/h5-6,8H,1-4,7H2,(H,14,15). The molecule has 1 saturated heterocycles. The molecule has 1 aromatic heterocycles. The van der Waals surface area contributed by atoms with Crippen LogP contribution in [-0.4, -0.2) is 28.9 Å². The summed E-state index contributed by atoms with van der Waals surface area (Å²) >= 11 is 5.80. The summed E-state index contributed by atoms with van der Waals surface area (Å²) in [6, 6.07) is 1.48. The van der Waals surface area contributed by atoms with Crippen LogP contribution in [0.25, 0.3) is 0 Å². The number of rotatable bonds is 4. The lowest BCUT2D eigenvalue weighted by atomic mass is 10.1. The molecule has 1 aromatic rings. The number of carboxylic acids is 1. The van der Waals surface area contributed by atoms with E-state index in [4.69, 9.17) is 21.4 Å². The minimum atomic E-state index is -0.936. The van der Waals surface area contributed by atoms with Crippen LogP contribution in [0.2, 0.25) is 5.02 Å². The Morgan fingerprint density at radius 3 is 3.12 bits per heavy atom. The van der Waals surface area contributed by atoms with Crippen LogP contribution in [0.5, 0.6) is 0 Å². The van der Waals surface area contributed by atoms with Crippen molar-refractivity contribution >= 4 is 17.6 Å². The van der Waals surface area contributed by atoms with Gasteiger partial charge in [-0.25, -0.2) is 4.79 Å². The Balaban J connectivity index is 1.99. The molecule has 16 heavy (non-hydrogen) atoms. The molecule has 0 bridgehead atoms. The van der Waals surface area contributed by atoms with Gasteiger partial charge >= 0.3 is 5.97 Å². The van der Waals surface area contributed by atoms with Gasteiger partial charge in [0.15, 0.2) is 0 Å². The normalized spacial score (nSPS) is 20.2. The quantitative estimate of drug-likeness (QED) is 0.883. The van der Waals surface area contributed by atoms with Gasteiger partial charge in [-0.1, -0.05) is 11.6 Å². The first-order valence-corrected chi connectivity index (χ1v) is 5.71. The fraction of sp³-hybridized carbons (Fsp3) is 0.545. The maximum absolute atomic E-state index is 10.9. The smallest absolute Gasteiger partial charge is 0.352 e. The summed E-state index contributed by atoms with van der Waals surface area (Å²) in [5, 5.41) is 9.44. The van der Waals surface area contributed by atoms with E-state index in [1.54, 1.807) is 10.8 Å². The molecule has 0 aromatic carbocycles. The predicted molar refractivity (Wildman–Crippen MR) is 59.9 cm³/mol. The molecule has 0 radical (unpaired) electrons. The molecule has 1 N–H and O–H groups in total. The molecule has 1 aliphatic rings. The maximum Gasteiger partial charge on any atom is 0.352 e. The average Bonchev–Trinajstić information content (AvgIpc) is 2.83. The number of aryl methyl sites for hydroxylation is 1. The van der Waals surface area contributed by atoms with Gasteiger partial charge in [0.05, 0.1) is 5.02 Å². The molecule has 2 heterocycles. The van der Waals surface area contributed by atoms with E-state index in [1.165, 1.54) is 6.07 Å². The fourth-order valence-electron chi connectivity index (χ4n) is 1.97. The Morgan fingerprint density at radius 1 is 1.69 bits per heavy atom. The molecular formula is C11H14ClNO3. The zero-order chi connectivity index (χ0) is 11.5. The van der Waals surface area contributed by atoms with Gasteiger partial charge in [-0.3, -0.25) is 0 Å². The third kappa shape index (κ3) is 2.57. The first-order valence-electron chi connectivity index (χ1n) is 5.33. The molecule has 5 heteroatoms. The first kappa shape index (κ1) is 11.5. The summed E-state index contributed by atoms with van der Waals surface area (Å²) in [6.45, 7) is 2.29. The minimum absolute atomic E-state index is 0.254. The van der Waals surface area contributed by atoms with Crippen LogP contribution in [0.1, 0.15) is 23.3 Å². The summed E-state index contributed by atoms with van der Waals surface area (Å²) in [5.74, 6) is -0.391. The van der Waals surface area contributed by atoms with E-state index < -0.39 is 5.97 Å². The van der Waals surface area contributed by atoms with Crippen LogP contribution in [0, 0.1) is 5.92 Å². The topological polar surface area (TPSA) is 51.5 Å². The predicted octanol–water partition coefficient (Wildman–Crippen LogP) is 2.27. The zero-order valence-corrected chi connectivity index (χ0v) is 9.61. The van der Waals surface area contributed by atoms with E-state index >= 15 is 0 Å². The molecule has 0 aliphatic carbocycles. The molecule has 2 rings (SSSR count). The van der Waals surface area contributed by atoms with Crippen molar-refractivity contribution < 1.29 is 14.6 Å². The van der Waals surface area contributed by atoms with Gasteiger partial charge in [0.1, 0.15) is 5.69 Å². The van der Waals surface area contributed by atoms with Crippen molar-refractivity contribution in [2.45, 2.75) is 19.4 Å². The second-order valence-electron chi connectivity index (χ2n) is 4.06. The molecular weight excluding hydrogens is 230 g/mol. The minimum Gasteiger partial charge on any atom is -0.477 e. The summed E-state index contributed by atoms with van der Waals surface area (Å²) < 4.78 is 6.97. The highest BCUT2D eigenvalue weighted by molar-refractivity contribution is 6.30. The summed E-state index contributed by atoms with van der Waals surface area (Å²) in [4.78, 5) is 10.9. The highest BCUT2D eigenvalue weighted by Crippen LogP contribution is 2.20. The van der Waals surface area contributed by atoms with Crippen molar-refractivity contribution in [3.8, 4) is 0 Å². The third-order valence-electron chi connectivity index (χ3n) is 2.88. The Hall–Kier alpha value is -1.00. The number of aromatic carboxylic acids is 1. The van der Waals surface area contributed by atoms with Gasteiger partial charge in [0.2, 0.25) is 0 Å². The van der Waals surface area contributed by atoms with E-state index in [9.17, 15) is 4.79 Å². The Kier molecular flexibility index (Phi) is 3.51. The number of carbonyl (C=O) groups is 1. The third-order valence-corrected chi connectivity index (χ3v) is 3.09. The van der Waals surface area contributed by atoms with Gasteiger partial charge in [-0.2, -0.15) is 0 Å². The molecule has 1 fully saturated rings. The van der Waals surface area contributed by atoms with Crippen LogP contribution >= 0.6 is 11.6 Å². The summed E-state index contributed by atoms with van der Waals surface area (Å²) in [5.41, 5.74) is 0.254. The van der Waals surface area contributed by atoms with Gasteiger partial charge < -0.3 is 14.4 Å².